The van der Waals surface area contributed by atoms with Gasteiger partial charge in [-0.05, 0) is 19.1 Å². The number of hydrogen-bond donors (Lipinski definition) is 1. The Kier molecular flexibility index (Phi) is 6.09. The molecule has 0 bridgehead atoms. The molecule has 0 aliphatic carbocycles. The number of nitrogens with one attached hydrogen (secondary N) is 1. The summed E-state index contributed by atoms with van der Waals surface area (Å²) < 4.78 is 36.2. The third kappa shape index (κ3) is 4.29. The van der Waals surface area contributed by atoms with E-state index in [0.29, 0.717) is 6.54 Å². The Hall–Kier alpha value is -3.76. The van der Waals surface area contributed by atoms with Crippen molar-refractivity contribution in [1.82, 2.24) is 14.9 Å². The number of aryl methyl sites for hydroxylation is 1. The molecule has 0 fully saturated rings. The minimum Gasteiger partial charge on any atom is -0.493 e. The fourth-order valence-electron chi connectivity index (χ4n) is 3.08. The number of ether oxygens (including phenoxy) is 2. The third-order valence-electron chi connectivity index (χ3n) is 4.41. The summed E-state index contributed by atoms with van der Waals surface area (Å²) in [6.07, 6.45) is 0. The lowest BCUT2D eigenvalue weighted by Crippen LogP contribution is -2.28. The van der Waals surface area contributed by atoms with Crippen LogP contribution in [-0.2, 0) is 6.54 Å². The van der Waals surface area contributed by atoms with Crippen LogP contribution in [0.2, 0.25) is 0 Å². The van der Waals surface area contributed by atoms with Gasteiger partial charge in [-0.15, -0.1) is 0 Å². The smallest absolute Gasteiger partial charge is 0.387 e. The normalized spacial score (nSPS) is 11.0. The fraction of sp³-hybridized carbons (Fsp3) is 0.263. The molecular formula is C19H18F2N4O5. The number of nitro benzene ring substituents is 1. The van der Waals surface area contributed by atoms with E-state index in [0.717, 1.165) is 29.0 Å². The minimum absolute atomic E-state index is 0.161. The van der Waals surface area contributed by atoms with Crippen molar-refractivity contribution in [3.63, 3.8) is 0 Å². The van der Waals surface area contributed by atoms with E-state index >= 15 is 0 Å². The Bertz CT molecular complexity index is 1100. The quantitative estimate of drug-likeness (QED) is 0.443. The average Bonchev–Trinajstić information content (AvgIpc) is 3.02. The van der Waals surface area contributed by atoms with E-state index in [1.807, 2.05) is 35.8 Å². The van der Waals surface area contributed by atoms with Gasteiger partial charge in [0.25, 0.3) is 11.6 Å². The maximum Gasteiger partial charge on any atom is 0.387 e. The molecule has 0 aliphatic heterocycles. The summed E-state index contributed by atoms with van der Waals surface area (Å²) in [4.78, 5) is 27.5. The predicted octanol–water partition coefficient (Wildman–Crippen LogP) is 3.29. The zero-order valence-electron chi connectivity index (χ0n) is 16.1. The van der Waals surface area contributed by atoms with Gasteiger partial charge in [-0.3, -0.25) is 14.9 Å². The SMILES string of the molecule is COc1cc(C(=O)NCCn2c(C)nc3ccccc32)c([N+](=O)[O-])cc1OC(F)F. The number of para-hydroxylation sites is 2. The van der Waals surface area contributed by atoms with Crippen LogP contribution in [0.5, 0.6) is 11.5 Å². The van der Waals surface area contributed by atoms with Crippen molar-refractivity contribution in [2.75, 3.05) is 13.7 Å². The summed E-state index contributed by atoms with van der Waals surface area (Å²) in [6, 6.07) is 9.26. The van der Waals surface area contributed by atoms with E-state index in [4.69, 9.17) is 4.74 Å². The van der Waals surface area contributed by atoms with Gasteiger partial charge in [0.05, 0.1) is 29.1 Å². The lowest BCUT2D eigenvalue weighted by Gasteiger charge is -2.13. The molecule has 0 saturated carbocycles. The number of methoxy groups -OCH3 is 1. The summed E-state index contributed by atoms with van der Waals surface area (Å²) in [5, 5.41) is 13.9. The monoisotopic (exact) mass is 420 g/mol. The van der Waals surface area contributed by atoms with Gasteiger partial charge in [-0.1, -0.05) is 12.1 Å². The van der Waals surface area contributed by atoms with Crippen LogP contribution in [0.25, 0.3) is 11.0 Å². The van der Waals surface area contributed by atoms with Crippen LogP contribution in [0, 0.1) is 17.0 Å². The zero-order chi connectivity index (χ0) is 21.8. The van der Waals surface area contributed by atoms with E-state index in [1.54, 1.807) is 0 Å². The first kappa shape index (κ1) is 21.0. The molecule has 1 heterocycles. The van der Waals surface area contributed by atoms with Gasteiger partial charge in [0.1, 0.15) is 11.4 Å². The van der Waals surface area contributed by atoms with Crippen LogP contribution in [0.1, 0.15) is 16.2 Å². The summed E-state index contributed by atoms with van der Waals surface area (Å²) >= 11 is 0. The molecule has 0 saturated heterocycles. The van der Waals surface area contributed by atoms with Crippen molar-refractivity contribution < 1.29 is 28.0 Å². The van der Waals surface area contributed by atoms with Crippen LogP contribution < -0.4 is 14.8 Å². The summed E-state index contributed by atoms with van der Waals surface area (Å²) in [6.45, 7) is -0.824. The van der Waals surface area contributed by atoms with Crippen LogP contribution in [-0.4, -0.2) is 40.6 Å². The number of imidazole rings is 1. The van der Waals surface area contributed by atoms with Gasteiger partial charge in [0, 0.05) is 19.2 Å². The highest BCUT2D eigenvalue weighted by molar-refractivity contribution is 5.99. The molecule has 2 aromatic carbocycles. The van der Waals surface area contributed by atoms with Gasteiger partial charge in [-0.2, -0.15) is 8.78 Å². The zero-order valence-corrected chi connectivity index (χ0v) is 16.1. The molecule has 3 rings (SSSR count). The number of benzene rings is 2. The summed E-state index contributed by atoms with van der Waals surface area (Å²) in [7, 11) is 1.17. The molecule has 0 spiro atoms. The van der Waals surface area contributed by atoms with Crippen LogP contribution in [0.4, 0.5) is 14.5 Å². The van der Waals surface area contributed by atoms with Gasteiger partial charge in [-0.25, -0.2) is 4.98 Å². The molecule has 11 heteroatoms. The van der Waals surface area contributed by atoms with Crippen molar-refractivity contribution in [2.24, 2.45) is 0 Å². The second-order valence-corrected chi connectivity index (χ2v) is 6.21. The number of amides is 1. The Morgan fingerprint density at radius 2 is 2.03 bits per heavy atom. The molecule has 0 unspecified atom stereocenters. The molecule has 9 nitrogen and oxygen atoms in total. The number of rotatable bonds is 8. The number of nitro groups is 1. The summed E-state index contributed by atoms with van der Waals surface area (Å²) in [5.41, 5.74) is 0.709. The van der Waals surface area contributed by atoms with Crippen LogP contribution >= 0.6 is 0 Å². The lowest BCUT2D eigenvalue weighted by molar-refractivity contribution is -0.385. The average molecular weight is 420 g/mol. The van der Waals surface area contributed by atoms with Crippen molar-refractivity contribution >= 4 is 22.6 Å². The Morgan fingerprint density at radius 3 is 2.70 bits per heavy atom. The van der Waals surface area contributed by atoms with E-state index < -0.39 is 28.9 Å². The Morgan fingerprint density at radius 1 is 1.30 bits per heavy atom. The molecule has 1 amide bonds. The number of carbonyl (C=O) groups is 1. The van der Waals surface area contributed by atoms with E-state index in [9.17, 15) is 23.7 Å². The van der Waals surface area contributed by atoms with Crippen molar-refractivity contribution in [1.29, 1.82) is 0 Å². The van der Waals surface area contributed by atoms with E-state index in [1.165, 1.54) is 7.11 Å². The topological polar surface area (TPSA) is 109 Å². The molecule has 1 N–H and O–H groups in total. The van der Waals surface area contributed by atoms with Crippen LogP contribution in [0.15, 0.2) is 36.4 Å². The number of hydrogen-bond acceptors (Lipinski definition) is 6. The van der Waals surface area contributed by atoms with Gasteiger partial charge in [0.2, 0.25) is 0 Å². The number of carbonyl (C=O) groups excluding carboxylic acids is 1. The van der Waals surface area contributed by atoms with E-state index in [2.05, 4.69) is 15.0 Å². The van der Waals surface area contributed by atoms with Crippen LogP contribution in [0.3, 0.4) is 0 Å². The van der Waals surface area contributed by atoms with Gasteiger partial charge < -0.3 is 19.4 Å². The molecule has 1 aromatic heterocycles. The Labute approximate surface area is 169 Å². The van der Waals surface area contributed by atoms with Gasteiger partial charge >= 0.3 is 6.61 Å². The van der Waals surface area contributed by atoms with Crippen molar-refractivity contribution in [2.45, 2.75) is 20.1 Å². The lowest BCUT2D eigenvalue weighted by atomic mass is 10.1. The molecule has 0 aliphatic rings. The molecule has 30 heavy (non-hydrogen) atoms. The second kappa shape index (κ2) is 8.72. The third-order valence-corrected chi connectivity index (χ3v) is 4.41. The molecule has 0 atom stereocenters. The first-order valence-electron chi connectivity index (χ1n) is 8.83. The van der Waals surface area contributed by atoms with Gasteiger partial charge in [0.15, 0.2) is 11.5 Å². The number of nitrogens with zero attached hydrogens (tertiary/aromatic N) is 3. The number of aromatic nitrogens is 2. The van der Waals surface area contributed by atoms with E-state index in [-0.39, 0.29) is 17.9 Å². The highest BCUT2D eigenvalue weighted by atomic mass is 19.3. The highest BCUT2D eigenvalue weighted by Crippen LogP contribution is 2.35. The molecule has 3 aromatic rings. The first-order valence-corrected chi connectivity index (χ1v) is 8.83. The maximum atomic E-state index is 12.6. The number of halogens is 2. The maximum absolute atomic E-state index is 12.6. The molecule has 158 valence electrons. The fourth-order valence-corrected chi connectivity index (χ4v) is 3.08. The largest absolute Gasteiger partial charge is 0.493 e. The molecular weight excluding hydrogens is 402 g/mol. The van der Waals surface area contributed by atoms with Crippen molar-refractivity contribution in [3.05, 3.63) is 57.9 Å². The Balaban J connectivity index is 1.80. The molecule has 0 radical (unpaired) electrons. The predicted molar refractivity (Wildman–Crippen MR) is 103 cm³/mol. The van der Waals surface area contributed by atoms with Crippen molar-refractivity contribution in [3.8, 4) is 11.5 Å². The summed E-state index contributed by atoms with van der Waals surface area (Å²) in [5.74, 6) is -0.740. The number of alkyl halides is 2. The second-order valence-electron chi connectivity index (χ2n) is 6.21. The number of fused-ring (bicyclic) bond motifs is 1. The first-order chi connectivity index (χ1) is 14.3. The minimum atomic E-state index is -3.20. The standard InChI is InChI=1S/C19H18F2N4O5/c1-11-23-13-5-3-4-6-14(13)24(11)8-7-22-18(26)12-9-16(29-2)17(30-19(20)21)10-15(12)25(27)28/h3-6,9-10,19H,7-8H2,1-2H3,(H,22,26). The highest BCUT2D eigenvalue weighted by Gasteiger charge is 2.26.